The van der Waals surface area contributed by atoms with Crippen LogP contribution in [0.25, 0.3) is 11.1 Å². The van der Waals surface area contributed by atoms with Gasteiger partial charge in [-0.3, -0.25) is 4.98 Å². The first-order chi connectivity index (χ1) is 9.13. The molecule has 0 aliphatic rings. The molecule has 2 aromatic rings. The van der Waals surface area contributed by atoms with Crippen molar-refractivity contribution < 1.29 is 0 Å². The average molecular weight is 275 g/mol. The van der Waals surface area contributed by atoms with E-state index in [1.165, 1.54) is 5.56 Å². The minimum atomic E-state index is 0.428. The van der Waals surface area contributed by atoms with Crippen LogP contribution in [-0.2, 0) is 0 Å². The molecule has 0 spiro atoms. The van der Waals surface area contributed by atoms with Crippen molar-refractivity contribution in [3.8, 4) is 11.1 Å². The van der Waals surface area contributed by atoms with Gasteiger partial charge in [0.2, 0.25) is 0 Å². The first-order valence-corrected chi connectivity index (χ1v) is 6.91. The minimum absolute atomic E-state index is 0.428. The molecule has 100 valence electrons. The van der Waals surface area contributed by atoms with Crippen LogP contribution in [0.5, 0.6) is 0 Å². The molecule has 0 aliphatic heterocycles. The first kappa shape index (κ1) is 14.0. The molecule has 0 amide bonds. The molecular formula is C16H19ClN2. The zero-order valence-electron chi connectivity index (χ0n) is 11.4. The van der Waals surface area contributed by atoms with Crippen LogP contribution in [0.2, 0.25) is 5.02 Å². The second-order valence-corrected chi connectivity index (χ2v) is 5.30. The summed E-state index contributed by atoms with van der Waals surface area (Å²) in [6.45, 7) is 4.91. The third-order valence-corrected chi connectivity index (χ3v) is 3.92. The standard InChI is InChI=1S/C16H19ClN2/c1-11(6-7-18)13-8-14(10-19-9-13)15-4-3-5-16(17)12(15)2/h3-5,8-11H,6-7,18H2,1-2H3. The SMILES string of the molecule is Cc1c(Cl)cccc1-c1cncc(C(C)CCN)c1. The van der Waals surface area contributed by atoms with Crippen molar-refractivity contribution in [3.05, 3.63) is 52.8 Å². The van der Waals surface area contributed by atoms with Crippen molar-refractivity contribution in [1.29, 1.82) is 0 Å². The monoisotopic (exact) mass is 274 g/mol. The Morgan fingerprint density at radius 2 is 2.11 bits per heavy atom. The van der Waals surface area contributed by atoms with Crippen molar-refractivity contribution in [3.63, 3.8) is 0 Å². The highest BCUT2D eigenvalue weighted by molar-refractivity contribution is 6.31. The van der Waals surface area contributed by atoms with Gasteiger partial charge in [-0.15, -0.1) is 0 Å². The van der Waals surface area contributed by atoms with Gasteiger partial charge in [0.05, 0.1) is 0 Å². The summed E-state index contributed by atoms with van der Waals surface area (Å²) in [6, 6.07) is 8.15. The maximum Gasteiger partial charge on any atom is 0.0441 e. The lowest BCUT2D eigenvalue weighted by atomic mass is 9.95. The number of nitrogens with zero attached hydrogens (tertiary/aromatic N) is 1. The molecule has 1 atom stereocenters. The van der Waals surface area contributed by atoms with Crippen LogP contribution < -0.4 is 5.73 Å². The lowest BCUT2D eigenvalue weighted by Crippen LogP contribution is -2.05. The molecule has 3 heteroatoms. The van der Waals surface area contributed by atoms with Crippen LogP contribution in [0.4, 0.5) is 0 Å². The molecule has 0 fully saturated rings. The highest BCUT2D eigenvalue weighted by Crippen LogP contribution is 2.30. The molecule has 0 radical (unpaired) electrons. The Balaban J connectivity index is 2.40. The molecule has 0 saturated heterocycles. The fourth-order valence-electron chi connectivity index (χ4n) is 2.21. The number of pyridine rings is 1. The van der Waals surface area contributed by atoms with Gasteiger partial charge in [-0.05, 0) is 54.6 Å². The maximum absolute atomic E-state index is 6.18. The van der Waals surface area contributed by atoms with Crippen LogP contribution in [0.3, 0.4) is 0 Å². The van der Waals surface area contributed by atoms with E-state index in [1.807, 2.05) is 31.5 Å². The molecule has 2 N–H and O–H groups in total. The number of aromatic nitrogens is 1. The molecule has 0 saturated carbocycles. The van der Waals surface area contributed by atoms with Gasteiger partial charge < -0.3 is 5.73 Å². The number of benzene rings is 1. The summed E-state index contributed by atoms with van der Waals surface area (Å²) >= 11 is 6.18. The molecule has 1 aromatic carbocycles. The molecule has 1 heterocycles. The van der Waals surface area contributed by atoms with Crippen LogP contribution in [-0.4, -0.2) is 11.5 Å². The zero-order valence-corrected chi connectivity index (χ0v) is 12.1. The van der Waals surface area contributed by atoms with Crippen molar-refractivity contribution in [2.45, 2.75) is 26.2 Å². The number of nitrogens with two attached hydrogens (primary N) is 1. The third kappa shape index (κ3) is 3.14. The van der Waals surface area contributed by atoms with Crippen molar-refractivity contribution in [1.82, 2.24) is 4.98 Å². The van der Waals surface area contributed by atoms with Gasteiger partial charge in [0.25, 0.3) is 0 Å². The van der Waals surface area contributed by atoms with Gasteiger partial charge in [0, 0.05) is 23.0 Å². The number of halogens is 1. The molecule has 1 unspecified atom stereocenters. The van der Waals surface area contributed by atoms with E-state index in [2.05, 4.69) is 24.0 Å². The van der Waals surface area contributed by atoms with Crippen LogP contribution in [0, 0.1) is 6.92 Å². The molecule has 1 aromatic heterocycles. The predicted molar refractivity (Wildman–Crippen MR) is 81.5 cm³/mol. The summed E-state index contributed by atoms with van der Waals surface area (Å²) in [7, 11) is 0. The van der Waals surface area contributed by atoms with Crippen LogP contribution in [0.15, 0.2) is 36.7 Å². The van der Waals surface area contributed by atoms with Gasteiger partial charge in [0.1, 0.15) is 0 Å². The summed E-state index contributed by atoms with van der Waals surface area (Å²) in [4.78, 5) is 4.35. The van der Waals surface area contributed by atoms with Crippen molar-refractivity contribution in [2.75, 3.05) is 6.54 Å². The Kier molecular flexibility index (Phi) is 4.56. The minimum Gasteiger partial charge on any atom is -0.330 e. The van der Waals surface area contributed by atoms with E-state index in [0.717, 1.165) is 28.1 Å². The molecule has 0 bridgehead atoms. The first-order valence-electron chi connectivity index (χ1n) is 6.54. The van der Waals surface area contributed by atoms with Gasteiger partial charge >= 0.3 is 0 Å². The number of rotatable bonds is 4. The molecule has 0 aliphatic carbocycles. The summed E-state index contributed by atoms with van der Waals surface area (Å²) in [5.41, 5.74) is 10.2. The van der Waals surface area contributed by atoms with E-state index >= 15 is 0 Å². The van der Waals surface area contributed by atoms with Gasteiger partial charge in [-0.25, -0.2) is 0 Å². The Bertz CT molecular complexity index is 566. The molecule has 2 rings (SSSR count). The van der Waals surface area contributed by atoms with E-state index in [9.17, 15) is 0 Å². The fraction of sp³-hybridized carbons (Fsp3) is 0.312. The van der Waals surface area contributed by atoms with Gasteiger partial charge in [0.15, 0.2) is 0 Å². The van der Waals surface area contributed by atoms with Gasteiger partial charge in [-0.1, -0.05) is 30.7 Å². The summed E-state index contributed by atoms with van der Waals surface area (Å²) in [5, 5.41) is 0.790. The Morgan fingerprint density at radius 1 is 1.32 bits per heavy atom. The maximum atomic E-state index is 6.18. The predicted octanol–water partition coefficient (Wildman–Crippen LogP) is 4.16. The smallest absolute Gasteiger partial charge is 0.0441 e. The van der Waals surface area contributed by atoms with Crippen molar-refractivity contribution in [2.24, 2.45) is 5.73 Å². The summed E-state index contributed by atoms with van der Waals surface area (Å²) in [6.07, 6.45) is 4.78. The molecule has 2 nitrogen and oxygen atoms in total. The fourth-order valence-corrected chi connectivity index (χ4v) is 2.39. The van der Waals surface area contributed by atoms with Crippen LogP contribution >= 0.6 is 11.6 Å². The molecule has 19 heavy (non-hydrogen) atoms. The largest absolute Gasteiger partial charge is 0.330 e. The number of hydrogen-bond donors (Lipinski definition) is 1. The summed E-state index contributed by atoms with van der Waals surface area (Å²) < 4.78 is 0. The van der Waals surface area contributed by atoms with E-state index in [1.54, 1.807) is 0 Å². The normalized spacial score (nSPS) is 12.4. The quantitative estimate of drug-likeness (QED) is 0.909. The highest BCUT2D eigenvalue weighted by Gasteiger charge is 2.09. The van der Waals surface area contributed by atoms with Crippen molar-refractivity contribution >= 4 is 11.6 Å². The molecular weight excluding hydrogens is 256 g/mol. The Labute approximate surface area is 119 Å². The lowest BCUT2D eigenvalue weighted by molar-refractivity contribution is 0.687. The highest BCUT2D eigenvalue weighted by atomic mass is 35.5. The topological polar surface area (TPSA) is 38.9 Å². The third-order valence-electron chi connectivity index (χ3n) is 3.51. The van der Waals surface area contributed by atoms with E-state index < -0.39 is 0 Å². The Hall–Kier alpha value is -1.38. The van der Waals surface area contributed by atoms with E-state index in [4.69, 9.17) is 17.3 Å². The lowest BCUT2D eigenvalue weighted by Gasteiger charge is -2.13. The average Bonchev–Trinajstić information content (AvgIpc) is 2.42. The second kappa shape index (κ2) is 6.18. The van der Waals surface area contributed by atoms with Crippen LogP contribution in [0.1, 0.15) is 30.4 Å². The zero-order chi connectivity index (χ0) is 13.8. The summed E-state index contributed by atoms with van der Waals surface area (Å²) in [5.74, 6) is 0.428. The van der Waals surface area contributed by atoms with Gasteiger partial charge in [-0.2, -0.15) is 0 Å². The number of hydrogen-bond acceptors (Lipinski definition) is 2. The Morgan fingerprint density at radius 3 is 2.84 bits per heavy atom. The van der Waals surface area contributed by atoms with E-state index in [-0.39, 0.29) is 0 Å². The second-order valence-electron chi connectivity index (χ2n) is 4.90. The van der Waals surface area contributed by atoms with E-state index in [0.29, 0.717) is 12.5 Å².